The van der Waals surface area contributed by atoms with Gasteiger partial charge in [-0.05, 0) is 48.9 Å². The number of carbonyl (C=O) groups is 1. The molecule has 1 aromatic heterocycles. The molecule has 1 amide bonds. The van der Waals surface area contributed by atoms with Crippen LogP contribution in [0.5, 0.6) is 0 Å². The second-order valence-corrected chi connectivity index (χ2v) is 8.95. The molecule has 2 aromatic carbocycles. The van der Waals surface area contributed by atoms with Gasteiger partial charge >= 0.3 is 0 Å². The Labute approximate surface area is 188 Å². The Kier molecular flexibility index (Phi) is 6.06. The molecule has 1 N–H and O–H groups in total. The van der Waals surface area contributed by atoms with Gasteiger partial charge in [-0.25, -0.2) is 0 Å². The van der Waals surface area contributed by atoms with Crippen molar-refractivity contribution in [2.45, 2.75) is 38.3 Å². The number of carbonyl (C=O) groups excluding carboxylic acids is 1. The number of allylic oxidation sites excluding steroid dienone is 1. The normalized spacial score (nSPS) is 21.7. The van der Waals surface area contributed by atoms with Crippen molar-refractivity contribution in [2.75, 3.05) is 24.5 Å². The summed E-state index contributed by atoms with van der Waals surface area (Å²) in [5, 5.41) is 15.3. The van der Waals surface area contributed by atoms with E-state index in [0.29, 0.717) is 6.42 Å². The predicted molar refractivity (Wildman–Crippen MR) is 126 cm³/mol. The minimum absolute atomic E-state index is 0.143. The van der Waals surface area contributed by atoms with Crippen LogP contribution in [0.25, 0.3) is 10.9 Å². The van der Waals surface area contributed by atoms with Crippen LogP contribution in [0.15, 0.2) is 67.0 Å². The van der Waals surface area contributed by atoms with Gasteiger partial charge < -0.3 is 5.11 Å². The zero-order chi connectivity index (χ0) is 21.9. The highest BCUT2D eigenvalue weighted by molar-refractivity contribution is 5.98. The number of rotatable bonds is 7. The molecule has 1 unspecified atom stereocenters. The summed E-state index contributed by atoms with van der Waals surface area (Å²) in [4.78, 5) is 16.9. The van der Waals surface area contributed by atoms with Gasteiger partial charge in [0.2, 0.25) is 5.91 Å². The minimum atomic E-state index is -0.194. The molecule has 1 fully saturated rings. The van der Waals surface area contributed by atoms with E-state index >= 15 is 0 Å². The van der Waals surface area contributed by atoms with E-state index in [0.717, 1.165) is 62.0 Å². The fourth-order valence-electron chi connectivity index (χ4n) is 4.76. The van der Waals surface area contributed by atoms with Crippen molar-refractivity contribution in [3.05, 3.63) is 72.6 Å². The van der Waals surface area contributed by atoms with Gasteiger partial charge in [-0.15, -0.1) is 0 Å². The standard InChI is InChI=1S/C26H30N4O2/c31-24-11-12-28(19-24)14-15-30-25-9-8-23(17-22(25)18-27-30)29-13-10-21(16-26(29)32)7-6-20-4-2-1-3-5-20/h1-5,8-10,13,17-18,21,24,31H,6-7,11-12,14-16,19H2/t21?,24-/m0/s1. The van der Waals surface area contributed by atoms with E-state index in [1.807, 2.05) is 35.3 Å². The van der Waals surface area contributed by atoms with E-state index in [1.54, 1.807) is 4.90 Å². The molecule has 3 heterocycles. The molecule has 5 rings (SSSR count). The number of anilines is 1. The van der Waals surface area contributed by atoms with Crippen LogP contribution in [0.2, 0.25) is 0 Å². The van der Waals surface area contributed by atoms with E-state index in [1.165, 1.54) is 5.56 Å². The van der Waals surface area contributed by atoms with Crippen LogP contribution >= 0.6 is 0 Å². The van der Waals surface area contributed by atoms with Crippen molar-refractivity contribution in [2.24, 2.45) is 5.92 Å². The van der Waals surface area contributed by atoms with Gasteiger partial charge in [-0.1, -0.05) is 36.4 Å². The highest BCUT2D eigenvalue weighted by atomic mass is 16.3. The van der Waals surface area contributed by atoms with Crippen LogP contribution in [0, 0.1) is 5.92 Å². The topological polar surface area (TPSA) is 61.6 Å². The molecule has 2 atom stereocenters. The molecule has 2 aliphatic heterocycles. The first-order valence-corrected chi connectivity index (χ1v) is 11.6. The average molecular weight is 431 g/mol. The number of fused-ring (bicyclic) bond motifs is 1. The maximum absolute atomic E-state index is 12.9. The number of benzene rings is 2. The molecular weight excluding hydrogens is 400 g/mol. The number of aromatic nitrogens is 2. The quantitative estimate of drug-likeness (QED) is 0.622. The number of aliphatic hydroxyl groups is 1. The number of aliphatic hydroxyl groups excluding tert-OH is 1. The minimum Gasteiger partial charge on any atom is -0.392 e. The molecular formula is C26H30N4O2. The Morgan fingerprint density at radius 2 is 1.97 bits per heavy atom. The molecule has 0 spiro atoms. The smallest absolute Gasteiger partial charge is 0.231 e. The highest BCUT2D eigenvalue weighted by Crippen LogP contribution is 2.28. The van der Waals surface area contributed by atoms with Crippen molar-refractivity contribution >= 4 is 22.5 Å². The summed E-state index contributed by atoms with van der Waals surface area (Å²) in [6.07, 6.45) is 9.16. The van der Waals surface area contributed by atoms with E-state index in [2.05, 4.69) is 46.4 Å². The number of hydrogen-bond donors (Lipinski definition) is 1. The molecule has 0 radical (unpaired) electrons. The zero-order valence-corrected chi connectivity index (χ0v) is 18.3. The van der Waals surface area contributed by atoms with Crippen molar-refractivity contribution in [3.63, 3.8) is 0 Å². The lowest BCUT2D eigenvalue weighted by Gasteiger charge is -2.26. The highest BCUT2D eigenvalue weighted by Gasteiger charge is 2.23. The van der Waals surface area contributed by atoms with Crippen molar-refractivity contribution in [1.82, 2.24) is 14.7 Å². The Morgan fingerprint density at radius 3 is 2.75 bits per heavy atom. The maximum Gasteiger partial charge on any atom is 0.231 e. The van der Waals surface area contributed by atoms with Gasteiger partial charge in [0, 0.05) is 43.3 Å². The van der Waals surface area contributed by atoms with E-state index < -0.39 is 0 Å². The SMILES string of the molecule is O=C1CC(CCc2ccccc2)C=CN1c1ccc2c(cnn2CCN2CC[C@H](O)C2)c1. The third kappa shape index (κ3) is 4.61. The van der Waals surface area contributed by atoms with Crippen molar-refractivity contribution in [3.8, 4) is 0 Å². The van der Waals surface area contributed by atoms with Crippen LogP contribution < -0.4 is 4.90 Å². The van der Waals surface area contributed by atoms with E-state index in [-0.39, 0.29) is 17.9 Å². The number of β-amino-alcohol motifs (C(OH)–C–C–N with tert-alkyl or cyclic N) is 1. The number of hydrogen-bond acceptors (Lipinski definition) is 4. The first kappa shape index (κ1) is 20.9. The Morgan fingerprint density at radius 1 is 1.09 bits per heavy atom. The second kappa shape index (κ2) is 9.27. The van der Waals surface area contributed by atoms with Gasteiger partial charge in [0.25, 0.3) is 0 Å². The third-order valence-corrected chi connectivity index (χ3v) is 6.64. The molecule has 0 bridgehead atoms. The first-order valence-electron chi connectivity index (χ1n) is 11.6. The molecule has 166 valence electrons. The fraction of sp³-hybridized carbons (Fsp3) is 0.385. The van der Waals surface area contributed by atoms with Gasteiger partial charge in [-0.2, -0.15) is 5.10 Å². The molecule has 1 saturated heterocycles. The summed E-state index contributed by atoms with van der Waals surface area (Å²) in [6, 6.07) is 16.6. The molecule has 0 saturated carbocycles. The summed E-state index contributed by atoms with van der Waals surface area (Å²) in [6.45, 7) is 3.37. The summed E-state index contributed by atoms with van der Waals surface area (Å²) >= 11 is 0. The summed E-state index contributed by atoms with van der Waals surface area (Å²) < 4.78 is 2.01. The molecule has 2 aliphatic rings. The Hall–Kier alpha value is -2.96. The number of nitrogens with zero attached hydrogens (tertiary/aromatic N) is 4. The zero-order valence-electron chi connectivity index (χ0n) is 18.3. The van der Waals surface area contributed by atoms with Gasteiger partial charge in [0.15, 0.2) is 0 Å². The van der Waals surface area contributed by atoms with Crippen LogP contribution in [0.4, 0.5) is 5.69 Å². The van der Waals surface area contributed by atoms with Gasteiger partial charge in [0.1, 0.15) is 0 Å². The van der Waals surface area contributed by atoms with Crippen molar-refractivity contribution < 1.29 is 9.90 Å². The second-order valence-electron chi connectivity index (χ2n) is 8.95. The lowest BCUT2D eigenvalue weighted by molar-refractivity contribution is -0.119. The number of amides is 1. The Bertz CT molecular complexity index is 1110. The van der Waals surface area contributed by atoms with Crippen LogP contribution in [-0.4, -0.2) is 51.4 Å². The van der Waals surface area contributed by atoms with Gasteiger partial charge in [0.05, 0.1) is 24.4 Å². The van der Waals surface area contributed by atoms with Crippen LogP contribution in [-0.2, 0) is 17.8 Å². The van der Waals surface area contributed by atoms with Crippen LogP contribution in [0.3, 0.4) is 0 Å². The molecule has 3 aromatic rings. The molecule has 6 heteroatoms. The third-order valence-electron chi connectivity index (χ3n) is 6.64. The number of likely N-dealkylation sites (tertiary alicyclic amines) is 1. The summed E-state index contributed by atoms with van der Waals surface area (Å²) in [5.74, 6) is 0.430. The summed E-state index contributed by atoms with van der Waals surface area (Å²) in [7, 11) is 0. The molecule has 0 aliphatic carbocycles. The molecule has 32 heavy (non-hydrogen) atoms. The largest absolute Gasteiger partial charge is 0.392 e. The predicted octanol–water partition coefficient (Wildman–Crippen LogP) is 3.60. The molecule has 6 nitrogen and oxygen atoms in total. The average Bonchev–Trinajstić information content (AvgIpc) is 3.42. The lowest BCUT2D eigenvalue weighted by Crippen LogP contribution is -2.30. The number of aryl methyl sites for hydroxylation is 1. The Balaban J connectivity index is 1.23. The lowest BCUT2D eigenvalue weighted by atomic mass is 9.94. The maximum atomic E-state index is 12.9. The summed E-state index contributed by atoms with van der Waals surface area (Å²) in [5.41, 5.74) is 3.28. The van der Waals surface area contributed by atoms with E-state index in [9.17, 15) is 9.90 Å². The van der Waals surface area contributed by atoms with E-state index in [4.69, 9.17) is 0 Å². The monoisotopic (exact) mass is 430 g/mol. The van der Waals surface area contributed by atoms with Crippen LogP contribution in [0.1, 0.15) is 24.8 Å². The van der Waals surface area contributed by atoms with Gasteiger partial charge in [-0.3, -0.25) is 19.3 Å². The fourth-order valence-corrected chi connectivity index (χ4v) is 4.76. The van der Waals surface area contributed by atoms with Crippen molar-refractivity contribution in [1.29, 1.82) is 0 Å². The first-order chi connectivity index (χ1) is 15.7.